The second-order valence-corrected chi connectivity index (χ2v) is 5.87. The highest BCUT2D eigenvalue weighted by atomic mass is 16.5. The van der Waals surface area contributed by atoms with Gasteiger partial charge >= 0.3 is 0 Å². The van der Waals surface area contributed by atoms with Crippen molar-refractivity contribution in [1.29, 1.82) is 0 Å². The number of carbonyl (C=O) groups excluding carboxylic acids is 1. The molecule has 0 bridgehead atoms. The van der Waals surface area contributed by atoms with Gasteiger partial charge in [0.15, 0.2) is 0 Å². The minimum absolute atomic E-state index is 0.105. The number of ether oxygens (including phenoxy) is 2. The van der Waals surface area contributed by atoms with E-state index >= 15 is 0 Å². The third-order valence-corrected chi connectivity index (χ3v) is 4.15. The third-order valence-electron chi connectivity index (χ3n) is 4.15. The molecule has 0 aliphatic carbocycles. The van der Waals surface area contributed by atoms with Gasteiger partial charge in [-0.3, -0.25) is 9.69 Å². The molecule has 1 fully saturated rings. The second-order valence-electron chi connectivity index (χ2n) is 5.87. The number of carbonyl (C=O) groups is 1. The van der Waals surface area contributed by atoms with Crippen LogP contribution < -0.4 is 15.4 Å². The van der Waals surface area contributed by atoms with Gasteiger partial charge < -0.3 is 20.1 Å². The average molecular weight is 335 g/mol. The van der Waals surface area contributed by atoms with E-state index in [1.54, 1.807) is 7.11 Å². The van der Waals surface area contributed by atoms with Gasteiger partial charge in [0.1, 0.15) is 5.75 Å². The van der Waals surface area contributed by atoms with Gasteiger partial charge in [0.25, 0.3) is 0 Å². The molecule has 0 aromatic heterocycles. The summed E-state index contributed by atoms with van der Waals surface area (Å²) >= 11 is 0. The predicted molar refractivity (Wildman–Crippen MR) is 94.5 cm³/mol. The molecule has 1 aliphatic heterocycles. The van der Waals surface area contributed by atoms with E-state index in [9.17, 15) is 4.79 Å². The summed E-state index contributed by atoms with van der Waals surface area (Å²) in [5, 5.41) is 6.29. The molecule has 1 heterocycles. The van der Waals surface area contributed by atoms with Crippen LogP contribution in [-0.2, 0) is 16.0 Å². The highest BCUT2D eigenvalue weighted by Crippen LogP contribution is 2.17. The summed E-state index contributed by atoms with van der Waals surface area (Å²) in [5.74, 6) is 1.02. The van der Waals surface area contributed by atoms with Crippen molar-refractivity contribution in [2.75, 3.05) is 59.6 Å². The summed E-state index contributed by atoms with van der Waals surface area (Å²) in [7, 11) is 1.69. The van der Waals surface area contributed by atoms with Gasteiger partial charge in [-0.15, -0.1) is 0 Å². The summed E-state index contributed by atoms with van der Waals surface area (Å²) in [4.78, 5) is 14.1. The third kappa shape index (κ3) is 6.86. The molecule has 1 aliphatic rings. The Morgan fingerprint density at radius 1 is 1.21 bits per heavy atom. The first-order valence-electron chi connectivity index (χ1n) is 8.69. The van der Waals surface area contributed by atoms with Gasteiger partial charge in [0, 0.05) is 39.1 Å². The van der Waals surface area contributed by atoms with E-state index in [0.717, 1.165) is 51.6 Å². The molecule has 0 spiro atoms. The number of amides is 1. The lowest BCUT2D eigenvalue weighted by molar-refractivity contribution is -0.121. The molecule has 0 saturated carbocycles. The van der Waals surface area contributed by atoms with Crippen molar-refractivity contribution in [3.63, 3.8) is 0 Å². The molecule has 24 heavy (non-hydrogen) atoms. The number of benzene rings is 1. The summed E-state index contributed by atoms with van der Waals surface area (Å²) in [6.07, 6.45) is 1.40. The van der Waals surface area contributed by atoms with Crippen LogP contribution in [0.3, 0.4) is 0 Å². The largest absolute Gasteiger partial charge is 0.496 e. The Bertz CT molecular complexity index is 490. The van der Waals surface area contributed by atoms with Crippen molar-refractivity contribution in [2.45, 2.75) is 12.8 Å². The number of rotatable bonds is 10. The van der Waals surface area contributed by atoms with E-state index in [1.807, 2.05) is 18.2 Å². The zero-order valence-electron chi connectivity index (χ0n) is 14.6. The summed E-state index contributed by atoms with van der Waals surface area (Å²) < 4.78 is 10.6. The Morgan fingerprint density at radius 2 is 2.00 bits per heavy atom. The standard InChI is InChI=1S/C18H29N3O3/c1-23-17-5-3-2-4-16(17)6-8-19-9-7-18(22)20-10-11-21-12-14-24-15-13-21/h2-5,19H,6-15H2,1H3,(H,20,22). The maximum Gasteiger partial charge on any atom is 0.221 e. The predicted octanol–water partition coefficient (Wildman–Crippen LogP) is 0.666. The highest BCUT2D eigenvalue weighted by Gasteiger charge is 2.10. The van der Waals surface area contributed by atoms with Crippen molar-refractivity contribution in [1.82, 2.24) is 15.5 Å². The maximum absolute atomic E-state index is 11.8. The Morgan fingerprint density at radius 3 is 2.79 bits per heavy atom. The van der Waals surface area contributed by atoms with Gasteiger partial charge in [0.2, 0.25) is 5.91 Å². The fourth-order valence-electron chi connectivity index (χ4n) is 2.73. The topological polar surface area (TPSA) is 62.8 Å². The minimum atomic E-state index is 0.105. The lowest BCUT2D eigenvalue weighted by Gasteiger charge is -2.26. The Labute approximate surface area is 144 Å². The normalized spacial score (nSPS) is 15.2. The second kappa shape index (κ2) is 11.0. The molecule has 0 unspecified atom stereocenters. The van der Waals surface area contributed by atoms with E-state index in [1.165, 1.54) is 5.56 Å². The molecular weight excluding hydrogens is 306 g/mol. The van der Waals surface area contributed by atoms with Crippen LogP contribution in [0, 0.1) is 0 Å². The van der Waals surface area contributed by atoms with Gasteiger partial charge in [-0.25, -0.2) is 0 Å². The van der Waals surface area contributed by atoms with Crippen LogP contribution in [0.5, 0.6) is 5.75 Å². The first-order valence-corrected chi connectivity index (χ1v) is 8.69. The zero-order valence-corrected chi connectivity index (χ0v) is 14.6. The van der Waals surface area contributed by atoms with E-state index in [-0.39, 0.29) is 5.91 Å². The van der Waals surface area contributed by atoms with Crippen molar-refractivity contribution in [3.8, 4) is 5.75 Å². The molecule has 6 nitrogen and oxygen atoms in total. The van der Waals surface area contributed by atoms with Gasteiger partial charge in [-0.05, 0) is 24.6 Å². The van der Waals surface area contributed by atoms with E-state index in [2.05, 4.69) is 21.6 Å². The molecule has 2 rings (SSSR count). The molecule has 1 saturated heterocycles. The number of morpholine rings is 1. The molecule has 1 amide bonds. The van der Waals surface area contributed by atoms with Crippen LogP contribution in [0.1, 0.15) is 12.0 Å². The SMILES string of the molecule is COc1ccccc1CCNCCC(=O)NCCN1CCOCC1. The number of hydrogen-bond acceptors (Lipinski definition) is 5. The minimum Gasteiger partial charge on any atom is -0.496 e. The van der Waals surface area contributed by atoms with E-state index in [4.69, 9.17) is 9.47 Å². The number of para-hydroxylation sites is 1. The molecule has 6 heteroatoms. The molecule has 0 atom stereocenters. The molecular formula is C18H29N3O3. The van der Waals surface area contributed by atoms with Gasteiger partial charge in [0.05, 0.1) is 20.3 Å². The van der Waals surface area contributed by atoms with Crippen LogP contribution in [0.15, 0.2) is 24.3 Å². The van der Waals surface area contributed by atoms with E-state index in [0.29, 0.717) is 19.5 Å². The summed E-state index contributed by atoms with van der Waals surface area (Å²) in [6.45, 7) is 6.64. The lowest BCUT2D eigenvalue weighted by Crippen LogP contribution is -2.41. The summed E-state index contributed by atoms with van der Waals surface area (Å²) in [6, 6.07) is 8.02. The maximum atomic E-state index is 11.8. The Hall–Kier alpha value is -1.63. The average Bonchev–Trinajstić information content (AvgIpc) is 2.62. The van der Waals surface area contributed by atoms with Crippen molar-refractivity contribution in [2.24, 2.45) is 0 Å². The Kier molecular flexibility index (Phi) is 8.59. The zero-order chi connectivity index (χ0) is 17.0. The monoisotopic (exact) mass is 335 g/mol. The van der Waals surface area contributed by atoms with Crippen LogP contribution in [0.25, 0.3) is 0 Å². The molecule has 1 aromatic rings. The van der Waals surface area contributed by atoms with Gasteiger partial charge in [-0.1, -0.05) is 18.2 Å². The van der Waals surface area contributed by atoms with Crippen LogP contribution in [0.2, 0.25) is 0 Å². The number of nitrogens with zero attached hydrogens (tertiary/aromatic N) is 1. The van der Waals surface area contributed by atoms with Crippen LogP contribution >= 0.6 is 0 Å². The first kappa shape index (κ1) is 18.7. The highest BCUT2D eigenvalue weighted by molar-refractivity contribution is 5.76. The fourth-order valence-corrected chi connectivity index (χ4v) is 2.73. The quantitative estimate of drug-likeness (QED) is 0.615. The first-order chi connectivity index (χ1) is 11.8. The van der Waals surface area contributed by atoms with Crippen molar-refractivity contribution < 1.29 is 14.3 Å². The molecule has 134 valence electrons. The molecule has 1 aromatic carbocycles. The smallest absolute Gasteiger partial charge is 0.221 e. The van der Waals surface area contributed by atoms with Crippen molar-refractivity contribution >= 4 is 5.91 Å². The van der Waals surface area contributed by atoms with Gasteiger partial charge in [-0.2, -0.15) is 0 Å². The number of hydrogen-bond donors (Lipinski definition) is 2. The number of methoxy groups -OCH3 is 1. The lowest BCUT2D eigenvalue weighted by atomic mass is 10.1. The van der Waals surface area contributed by atoms with Crippen LogP contribution in [0.4, 0.5) is 0 Å². The fraction of sp³-hybridized carbons (Fsp3) is 0.611. The number of nitrogens with one attached hydrogen (secondary N) is 2. The molecule has 0 radical (unpaired) electrons. The van der Waals surface area contributed by atoms with Crippen molar-refractivity contribution in [3.05, 3.63) is 29.8 Å². The molecule has 2 N–H and O–H groups in total. The summed E-state index contributed by atoms with van der Waals surface area (Å²) in [5.41, 5.74) is 1.18. The van der Waals surface area contributed by atoms with E-state index < -0.39 is 0 Å². The van der Waals surface area contributed by atoms with Crippen LogP contribution in [-0.4, -0.2) is 70.4 Å². The Balaban J connectivity index is 1.50.